The molecule has 0 aliphatic heterocycles. The van der Waals surface area contributed by atoms with Crippen molar-refractivity contribution in [3.63, 3.8) is 0 Å². The fraction of sp³-hybridized carbons (Fsp3) is 0.231. The van der Waals surface area contributed by atoms with Crippen LogP contribution in [-0.2, 0) is 0 Å². The maximum Gasteiger partial charge on any atom is 0.161 e. The highest BCUT2D eigenvalue weighted by Gasteiger charge is 2.15. The van der Waals surface area contributed by atoms with Crippen molar-refractivity contribution in [1.29, 1.82) is 0 Å². The summed E-state index contributed by atoms with van der Waals surface area (Å²) in [6, 6.07) is 4.43. The average Bonchev–Trinajstić information content (AvgIpc) is 2.35. The highest BCUT2D eigenvalue weighted by molar-refractivity contribution is 9.10. The van der Waals surface area contributed by atoms with E-state index < -0.39 is 5.82 Å². The molecule has 1 aromatic carbocycles. The van der Waals surface area contributed by atoms with Crippen LogP contribution < -0.4 is 0 Å². The topological polar surface area (TPSA) is 25.8 Å². The van der Waals surface area contributed by atoms with Crippen LogP contribution in [0.3, 0.4) is 0 Å². The van der Waals surface area contributed by atoms with Gasteiger partial charge in [0.25, 0.3) is 0 Å². The van der Waals surface area contributed by atoms with Gasteiger partial charge >= 0.3 is 0 Å². The minimum Gasteiger partial charge on any atom is -0.232 e. The molecule has 0 radical (unpaired) electrons. The van der Waals surface area contributed by atoms with Gasteiger partial charge in [-0.2, -0.15) is 0 Å². The van der Waals surface area contributed by atoms with Crippen LogP contribution in [0.4, 0.5) is 4.39 Å². The summed E-state index contributed by atoms with van der Waals surface area (Å²) in [6.45, 7) is 3.99. The van der Waals surface area contributed by atoms with Gasteiger partial charge in [0.15, 0.2) is 5.82 Å². The van der Waals surface area contributed by atoms with Crippen LogP contribution in [-0.4, -0.2) is 9.97 Å². The summed E-state index contributed by atoms with van der Waals surface area (Å²) in [5.41, 5.74) is 1.32. The van der Waals surface area contributed by atoms with Crippen LogP contribution in [0.25, 0.3) is 11.4 Å². The number of hydrogen-bond donors (Lipinski definition) is 0. The molecule has 2 aromatic rings. The normalized spacial score (nSPS) is 11.1. The Kier molecular flexibility index (Phi) is 4.43. The van der Waals surface area contributed by atoms with Crippen molar-refractivity contribution in [3.8, 4) is 11.4 Å². The first kappa shape index (κ1) is 14.7. The van der Waals surface area contributed by atoms with Crippen molar-refractivity contribution in [1.82, 2.24) is 9.97 Å². The first-order valence-corrected chi connectivity index (χ1v) is 7.13. The van der Waals surface area contributed by atoms with Gasteiger partial charge in [0.1, 0.15) is 11.0 Å². The Morgan fingerprint density at radius 3 is 2.47 bits per heavy atom. The molecule has 0 spiro atoms. The smallest absolute Gasteiger partial charge is 0.161 e. The zero-order valence-corrected chi connectivity index (χ0v) is 13.3. The van der Waals surface area contributed by atoms with Gasteiger partial charge in [-0.25, -0.2) is 14.4 Å². The van der Waals surface area contributed by atoms with Gasteiger partial charge < -0.3 is 0 Å². The molecule has 0 amide bonds. The molecule has 0 aliphatic carbocycles. The first-order chi connectivity index (χ1) is 8.90. The van der Waals surface area contributed by atoms with Crippen molar-refractivity contribution in [3.05, 3.63) is 44.4 Å². The van der Waals surface area contributed by atoms with Gasteiger partial charge in [0.05, 0.1) is 15.2 Å². The summed E-state index contributed by atoms with van der Waals surface area (Å²) in [4.78, 5) is 8.58. The Labute approximate surface area is 129 Å². The quantitative estimate of drug-likeness (QED) is 0.660. The van der Waals surface area contributed by atoms with Crippen LogP contribution in [0.5, 0.6) is 0 Å². The van der Waals surface area contributed by atoms with Crippen LogP contribution in [0.2, 0.25) is 10.2 Å². The fourth-order valence-electron chi connectivity index (χ4n) is 1.58. The number of rotatable bonds is 2. The van der Waals surface area contributed by atoms with E-state index in [1.807, 2.05) is 13.8 Å². The van der Waals surface area contributed by atoms with E-state index in [0.717, 1.165) is 5.69 Å². The van der Waals surface area contributed by atoms with E-state index in [4.69, 9.17) is 23.2 Å². The highest BCUT2D eigenvalue weighted by atomic mass is 79.9. The van der Waals surface area contributed by atoms with Gasteiger partial charge in [-0.3, -0.25) is 0 Å². The summed E-state index contributed by atoms with van der Waals surface area (Å²) in [5.74, 6) is 0.0474. The number of benzene rings is 1. The van der Waals surface area contributed by atoms with Gasteiger partial charge in [0.2, 0.25) is 0 Å². The molecule has 1 heterocycles. The lowest BCUT2D eigenvalue weighted by molar-refractivity contribution is 0.628. The second-order valence-corrected chi connectivity index (χ2v) is 5.88. The maximum absolute atomic E-state index is 13.5. The van der Waals surface area contributed by atoms with E-state index in [2.05, 4.69) is 25.9 Å². The monoisotopic (exact) mass is 362 g/mol. The van der Waals surface area contributed by atoms with Crippen molar-refractivity contribution in [2.75, 3.05) is 0 Å². The summed E-state index contributed by atoms with van der Waals surface area (Å²) in [6.07, 6.45) is 0. The van der Waals surface area contributed by atoms with E-state index in [9.17, 15) is 4.39 Å². The summed E-state index contributed by atoms with van der Waals surface area (Å²) >= 11 is 15.1. The Balaban J connectivity index is 2.59. The predicted octanol–water partition coefficient (Wildman–Crippen LogP) is 5.48. The molecule has 2 nitrogen and oxygen atoms in total. The molecule has 0 fully saturated rings. The van der Waals surface area contributed by atoms with E-state index in [0.29, 0.717) is 21.0 Å². The Hall–Kier alpha value is -0.710. The average molecular weight is 364 g/mol. The molecule has 0 unspecified atom stereocenters. The second kappa shape index (κ2) is 5.73. The van der Waals surface area contributed by atoms with Crippen LogP contribution >= 0.6 is 39.1 Å². The van der Waals surface area contributed by atoms with E-state index in [1.165, 1.54) is 12.1 Å². The maximum atomic E-state index is 13.5. The largest absolute Gasteiger partial charge is 0.232 e. The number of nitrogens with zero attached hydrogens (tertiary/aromatic N) is 2. The Bertz CT molecular complexity index is 632. The van der Waals surface area contributed by atoms with Gasteiger partial charge in [-0.15, -0.1) is 0 Å². The third-order valence-corrected chi connectivity index (χ3v) is 4.15. The second-order valence-electron chi connectivity index (χ2n) is 4.32. The minimum absolute atomic E-state index is 0.0658. The molecule has 0 N–H and O–H groups in total. The van der Waals surface area contributed by atoms with Crippen molar-refractivity contribution in [2.24, 2.45) is 0 Å². The van der Waals surface area contributed by atoms with E-state index in [1.54, 1.807) is 6.07 Å². The molecule has 0 aliphatic rings. The van der Waals surface area contributed by atoms with Crippen molar-refractivity contribution in [2.45, 2.75) is 19.8 Å². The van der Waals surface area contributed by atoms with Crippen molar-refractivity contribution >= 4 is 39.1 Å². The van der Waals surface area contributed by atoms with Crippen LogP contribution in [0.1, 0.15) is 25.5 Å². The number of halogens is 4. The lowest BCUT2D eigenvalue weighted by Crippen LogP contribution is -2.00. The fourth-order valence-corrected chi connectivity index (χ4v) is 2.51. The third-order valence-electron chi connectivity index (χ3n) is 2.56. The van der Waals surface area contributed by atoms with Crippen LogP contribution in [0.15, 0.2) is 22.7 Å². The summed E-state index contributed by atoms with van der Waals surface area (Å²) in [5, 5.41) is 0.375. The molecule has 6 heteroatoms. The van der Waals surface area contributed by atoms with Crippen molar-refractivity contribution < 1.29 is 4.39 Å². The molecule has 0 saturated carbocycles. The molecule has 0 saturated heterocycles. The van der Waals surface area contributed by atoms with Gasteiger partial charge in [-0.1, -0.05) is 37.0 Å². The molecule has 2 rings (SSSR count). The van der Waals surface area contributed by atoms with E-state index in [-0.39, 0.29) is 10.9 Å². The zero-order chi connectivity index (χ0) is 14.2. The number of aromatic nitrogens is 2. The lowest BCUT2D eigenvalue weighted by Gasteiger charge is -2.11. The molecule has 1 aromatic heterocycles. The van der Waals surface area contributed by atoms with E-state index >= 15 is 0 Å². The zero-order valence-electron chi connectivity index (χ0n) is 10.2. The minimum atomic E-state index is -0.507. The predicted molar refractivity (Wildman–Crippen MR) is 79.2 cm³/mol. The summed E-state index contributed by atoms with van der Waals surface area (Å²) in [7, 11) is 0. The van der Waals surface area contributed by atoms with Crippen LogP contribution in [0, 0.1) is 5.82 Å². The standard InChI is InChI=1S/C13H10BrCl2FN2/c1-6(2)11-10(14)12(16)19-13(18-11)7-3-4-8(15)9(17)5-7/h3-6H,1-2H3. The number of hydrogen-bond acceptors (Lipinski definition) is 2. The molecular formula is C13H10BrCl2FN2. The first-order valence-electron chi connectivity index (χ1n) is 5.58. The molecule has 0 bridgehead atoms. The van der Waals surface area contributed by atoms with Gasteiger partial charge in [-0.05, 0) is 40.0 Å². The Morgan fingerprint density at radius 2 is 1.89 bits per heavy atom. The summed E-state index contributed by atoms with van der Waals surface area (Å²) < 4.78 is 14.1. The highest BCUT2D eigenvalue weighted by Crippen LogP contribution is 2.31. The molecular weight excluding hydrogens is 354 g/mol. The van der Waals surface area contributed by atoms with Gasteiger partial charge in [0, 0.05) is 5.56 Å². The molecule has 19 heavy (non-hydrogen) atoms. The third kappa shape index (κ3) is 3.07. The lowest BCUT2D eigenvalue weighted by atomic mass is 10.1. The SMILES string of the molecule is CC(C)c1nc(-c2ccc(Cl)c(F)c2)nc(Cl)c1Br. The molecule has 100 valence electrons. The molecule has 0 atom stereocenters. The Morgan fingerprint density at radius 1 is 1.21 bits per heavy atom.